The molecule has 1 aromatic rings. The van der Waals surface area contributed by atoms with Gasteiger partial charge in [0.1, 0.15) is 35.4 Å². The molecular weight excluding hydrogens is 714 g/mol. The van der Waals surface area contributed by atoms with E-state index in [1.54, 1.807) is 19.0 Å². The first kappa shape index (κ1) is 40.6. The summed E-state index contributed by atoms with van der Waals surface area (Å²) >= 11 is 0. The number of aliphatic hydroxyl groups is 5. The van der Waals surface area contributed by atoms with Gasteiger partial charge in [-0.25, -0.2) is 4.79 Å². The van der Waals surface area contributed by atoms with Crippen molar-refractivity contribution in [3.63, 3.8) is 0 Å². The number of phenolic OH excluding ortho intramolecular Hbond substituents is 1. The van der Waals surface area contributed by atoms with E-state index in [1.807, 2.05) is 20.8 Å². The van der Waals surface area contributed by atoms with Crippen molar-refractivity contribution in [2.75, 3.05) is 45.0 Å². The highest BCUT2D eigenvalue weighted by Crippen LogP contribution is 2.54. The minimum absolute atomic E-state index is 0.0142. The van der Waals surface area contributed by atoms with Crippen molar-refractivity contribution >= 4 is 40.7 Å². The fourth-order valence-corrected chi connectivity index (χ4v) is 7.71. The van der Waals surface area contributed by atoms with Gasteiger partial charge >= 0.3 is 5.97 Å². The molecule has 0 aromatic heterocycles. The number of ether oxygens (including phenoxy) is 2. The van der Waals surface area contributed by atoms with Gasteiger partial charge in [0.15, 0.2) is 23.2 Å². The predicted molar refractivity (Wildman–Crippen MR) is 187 cm³/mol. The number of carboxylic acid groups (broad SMARTS) is 1. The molecule has 1 fully saturated rings. The van der Waals surface area contributed by atoms with Crippen LogP contribution in [0.2, 0.25) is 0 Å². The third-order valence-corrected chi connectivity index (χ3v) is 10.3. The van der Waals surface area contributed by atoms with Crippen LogP contribution in [-0.4, -0.2) is 153 Å². The smallest absolute Gasteiger partial charge is 0.335 e. The first-order valence-corrected chi connectivity index (χ1v) is 17.1. The highest BCUT2D eigenvalue weighted by molar-refractivity contribution is 6.25. The number of carboxylic acids is 1. The van der Waals surface area contributed by atoms with Gasteiger partial charge in [0.25, 0.3) is 5.91 Å². The number of hydrogen-bond acceptors (Lipinski definition) is 16. The van der Waals surface area contributed by atoms with Crippen molar-refractivity contribution in [1.29, 1.82) is 0 Å². The van der Waals surface area contributed by atoms with Crippen LogP contribution in [0.1, 0.15) is 43.1 Å². The minimum Gasteiger partial charge on any atom is -0.508 e. The van der Waals surface area contributed by atoms with E-state index in [0.29, 0.717) is 11.3 Å². The number of phenols is 1. The number of allylic oxidation sites excluding steroid dienone is 1. The number of nitrogens with one attached hydrogen (secondary N) is 2. The number of nitrogens with zero attached hydrogens (tertiary/aromatic N) is 2. The maximum absolute atomic E-state index is 14.4. The molecule has 19 heteroatoms. The maximum atomic E-state index is 14.4. The number of carbonyl (C=O) groups excluding carboxylic acids is 4. The average molecular weight is 762 g/mol. The summed E-state index contributed by atoms with van der Waals surface area (Å²) in [5, 5.41) is 82.0. The molecule has 0 unspecified atom stereocenters. The number of fused-ring (bicyclic) bond motifs is 3. The number of benzene rings is 1. The van der Waals surface area contributed by atoms with E-state index in [2.05, 4.69) is 10.6 Å². The third-order valence-electron chi connectivity index (χ3n) is 10.3. The molecule has 0 bridgehead atoms. The van der Waals surface area contributed by atoms with Crippen LogP contribution in [0.5, 0.6) is 5.75 Å². The highest BCUT2D eigenvalue weighted by Gasteiger charge is 2.64. The summed E-state index contributed by atoms with van der Waals surface area (Å²) in [5.41, 5.74) is 1.24. The number of primary amides is 1. The van der Waals surface area contributed by atoms with Crippen LogP contribution in [0.3, 0.4) is 0 Å². The zero-order chi connectivity index (χ0) is 40.5. The Morgan fingerprint density at radius 3 is 2.22 bits per heavy atom. The van der Waals surface area contributed by atoms with Gasteiger partial charge in [-0.2, -0.15) is 0 Å². The van der Waals surface area contributed by atoms with Crippen molar-refractivity contribution in [1.82, 2.24) is 10.2 Å². The molecule has 1 saturated heterocycles. The summed E-state index contributed by atoms with van der Waals surface area (Å²) in [7, 11) is 6.29. The van der Waals surface area contributed by atoms with Crippen LogP contribution in [0.25, 0.3) is 0 Å². The number of aromatic hydroxyl groups is 1. The predicted octanol–water partition coefficient (Wildman–Crippen LogP) is -2.14. The molecule has 1 aliphatic heterocycles. The van der Waals surface area contributed by atoms with Crippen molar-refractivity contribution in [2.45, 2.75) is 81.5 Å². The van der Waals surface area contributed by atoms with Gasteiger partial charge in [-0.3, -0.25) is 24.1 Å². The van der Waals surface area contributed by atoms with E-state index < -0.39 is 117 Å². The first-order valence-electron chi connectivity index (χ1n) is 17.1. The third kappa shape index (κ3) is 6.69. The second kappa shape index (κ2) is 14.2. The number of ketones is 2. The number of nitrogens with two attached hydrogens (primary N) is 1. The van der Waals surface area contributed by atoms with Gasteiger partial charge in [0.05, 0.1) is 23.8 Å². The average Bonchev–Trinajstić information content (AvgIpc) is 3.05. The summed E-state index contributed by atoms with van der Waals surface area (Å²) < 4.78 is 11.1. The van der Waals surface area contributed by atoms with Crippen molar-refractivity contribution in [2.24, 2.45) is 17.6 Å². The van der Waals surface area contributed by atoms with Crippen LogP contribution in [-0.2, 0) is 35.1 Å². The quantitative estimate of drug-likeness (QED) is 0.0949. The summed E-state index contributed by atoms with van der Waals surface area (Å²) in [6, 6.07) is 0.148. The molecule has 2 amide bonds. The molecule has 4 aliphatic rings. The summed E-state index contributed by atoms with van der Waals surface area (Å²) in [4.78, 5) is 69.3. The Morgan fingerprint density at radius 2 is 1.69 bits per heavy atom. The topological polar surface area (TPSA) is 302 Å². The highest BCUT2D eigenvalue weighted by atomic mass is 16.7. The molecule has 19 nitrogen and oxygen atoms in total. The Kier molecular flexibility index (Phi) is 10.7. The van der Waals surface area contributed by atoms with E-state index in [4.69, 9.17) is 15.2 Å². The minimum atomic E-state index is -2.97. The number of anilines is 2. The van der Waals surface area contributed by atoms with Crippen molar-refractivity contribution < 1.29 is 69.2 Å². The van der Waals surface area contributed by atoms with Crippen LogP contribution in [0, 0.1) is 11.8 Å². The lowest BCUT2D eigenvalue weighted by atomic mass is 9.58. The number of carbonyl (C=O) groups is 5. The van der Waals surface area contributed by atoms with Crippen LogP contribution in [0.15, 0.2) is 28.7 Å². The number of rotatable bonds is 9. The SMILES string of the molecule is CN(C)c1cc(NC(=O)CNC(C)(C)C)c(O)c2c1C[C@H]1C[C@H]3[C@@H](N(C)C)C(O[C@@H]4O[C@H](C(=O)O)[C@@H](O)[C@H](O)[C@H]4O)=C(C(N)=O)C(=O)[C@@]3(O)C(O)=C1C2=O. The fraction of sp³-hybridized carbons (Fsp3) is 0.571. The molecule has 0 radical (unpaired) electrons. The number of likely N-dealkylation sites (N-methyl/N-ethyl adjacent to an activating group) is 1. The normalized spacial score (nSPS) is 31.1. The van der Waals surface area contributed by atoms with Crippen LogP contribution in [0.4, 0.5) is 11.4 Å². The van der Waals surface area contributed by atoms with E-state index in [-0.39, 0.29) is 30.6 Å². The monoisotopic (exact) mass is 761 g/mol. The fourth-order valence-electron chi connectivity index (χ4n) is 7.71. The summed E-state index contributed by atoms with van der Waals surface area (Å²) in [6.07, 6.45) is -10.7. The molecule has 0 saturated carbocycles. The second-order valence-electron chi connectivity index (χ2n) is 15.5. The van der Waals surface area contributed by atoms with Crippen molar-refractivity contribution in [3.8, 4) is 5.75 Å². The zero-order valence-corrected chi connectivity index (χ0v) is 30.8. The lowest BCUT2D eigenvalue weighted by Crippen LogP contribution is -2.65. The molecule has 9 atom stereocenters. The first-order chi connectivity index (χ1) is 24.9. The Labute approximate surface area is 309 Å². The maximum Gasteiger partial charge on any atom is 0.335 e. The van der Waals surface area contributed by atoms with Gasteiger partial charge in [-0.05, 0) is 65.3 Å². The summed E-state index contributed by atoms with van der Waals surface area (Å²) in [6.45, 7) is 5.44. The van der Waals surface area contributed by atoms with Crippen molar-refractivity contribution in [3.05, 3.63) is 39.9 Å². The molecule has 54 heavy (non-hydrogen) atoms. The van der Waals surface area contributed by atoms with Crippen LogP contribution >= 0.6 is 0 Å². The summed E-state index contributed by atoms with van der Waals surface area (Å²) in [5.74, 6) is -10.7. The number of hydrogen-bond donors (Lipinski definition) is 10. The Balaban J connectivity index is 1.63. The van der Waals surface area contributed by atoms with Gasteiger partial charge in [-0.1, -0.05) is 0 Å². The number of aliphatic carboxylic acids is 1. The lowest BCUT2D eigenvalue weighted by molar-refractivity contribution is -0.287. The van der Waals surface area contributed by atoms with Gasteiger partial charge in [-0.15, -0.1) is 0 Å². The second-order valence-corrected chi connectivity index (χ2v) is 15.5. The van der Waals surface area contributed by atoms with Crippen LogP contribution < -0.4 is 21.3 Å². The van der Waals surface area contributed by atoms with E-state index in [9.17, 15) is 59.7 Å². The van der Waals surface area contributed by atoms with E-state index in [0.717, 1.165) is 0 Å². The molecule has 3 aliphatic carbocycles. The molecule has 5 rings (SSSR count). The Bertz CT molecular complexity index is 1850. The van der Waals surface area contributed by atoms with Gasteiger partial charge in [0.2, 0.25) is 18.0 Å². The lowest BCUT2D eigenvalue weighted by Gasteiger charge is -2.51. The zero-order valence-electron chi connectivity index (χ0n) is 30.8. The van der Waals surface area contributed by atoms with E-state index in [1.165, 1.54) is 25.1 Å². The molecule has 1 heterocycles. The van der Waals surface area contributed by atoms with E-state index >= 15 is 0 Å². The molecule has 0 spiro atoms. The number of amides is 2. The largest absolute Gasteiger partial charge is 0.508 e. The molecule has 296 valence electrons. The Hall–Kier alpha value is -4.63. The standard InChI is InChI=1S/C35H47N5O14/c1-34(2,3)37-11-17(41)38-15-10-16(39(4)5)13-8-12-9-14-21(40(6)7)27(53-33-26(46)24(44)25(45)28(54-33)32(50)51)20(31(36)49)30(48)35(14,52)29(47)18(12)23(43)19(13)22(15)42/h10,12,14,21,24-26,28,33,37,42,44-47,52H,8-9,11H2,1-7H3,(H2,36,49)(H,38,41)(H,50,51)/t12-,14-,21+,24-,25-,26+,28-,33+,35-/m0/s1. The Morgan fingerprint density at radius 1 is 1.06 bits per heavy atom. The number of aliphatic hydroxyl groups excluding tert-OH is 4. The molecular formula is C35H47N5O14. The van der Waals surface area contributed by atoms with Gasteiger partial charge < -0.3 is 66.5 Å². The number of Topliss-reactive ketones (excluding diaryl/α,β-unsaturated/α-hetero) is 2. The van der Waals surface area contributed by atoms with Gasteiger partial charge in [0, 0.05) is 36.8 Å². The molecule has 11 N–H and O–H groups in total. The molecule has 1 aromatic carbocycles.